The van der Waals surface area contributed by atoms with Crippen molar-refractivity contribution >= 4 is 12.4 Å². The third-order valence-corrected chi connectivity index (χ3v) is 1.49. The quantitative estimate of drug-likeness (QED) is 0.631. The van der Waals surface area contributed by atoms with E-state index in [0.29, 0.717) is 0 Å². The Morgan fingerprint density at radius 3 is 1.62 bits per heavy atom. The second kappa shape index (κ2) is 7.25. The van der Waals surface area contributed by atoms with Gasteiger partial charge < -0.3 is 5.73 Å². The van der Waals surface area contributed by atoms with E-state index in [9.17, 15) is 0 Å². The highest BCUT2D eigenvalue weighted by Gasteiger charge is 1.96. The molecule has 8 heavy (non-hydrogen) atoms. The fourth-order valence-corrected chi connectivity index (χ4v) is 0.622. The maximum Gasteiger partial charge on any atom is -0.00491 e. The van der Waals surface area contributed by atoms with Crippen LogP contribution >= 0.6 is 12.4 Å². The molecule has 0 aromatic carbocycles. The van der Waals surface area contributed by atoms with Crippen molar-refractivity contribution in [3.63, 3.8) is 0 Å². The zero-order valence-corrected chi connectivity index (χ0v) is 6.50. The lowest BCUT2D eigenvalue weighted by atomic mass is 10.0. The highest BCUT2D eigenvalue weighted by atomic mass is 35.5. The molecule has 0 aliphatic carbocycles. The third-order valence-electron chi connectivity index (χ3n) is 1.49. The molecule has 0 heterocycles. The van der Waals surface area contributed by atoms with Crippen molar-refractivity contribution in [3.8, 4) is 0 Å². The Labute approximate surface area is 58.1 Å². The molecule has 0 aromatic rings. The molecule has 0 saturated carbocycles. The molecule has 0 rings (SSSR count). The lowest BCUT2D eigenvalue weighted by Crippen LogP contribution is -2.11. The van der Waals surface area contributed by atoms with E-state index in [1.165, 1.54) is 12.8 Å². The largest absolute Gasteiger partial charge is 0.330 e. The summed E-state index contributed by atoms with van der Waals surface area (Å²) in [7, 11) is 0. The fraction of sp³-hybridized carbons (Fsp3) is 1.00. The first-order chi connectivity index (χ1) is 3.35. The summed E-state index contributed by atoms with van der Waals surface area (Å²) in [6.45, 7) is 5.22. The zero-order valence-electron chi connectivity index (χ0n) is 5.68. The Bertz CT molecular complexity index is 30.0. The van der Waals surface area contributed by atoms with Crippen molar-refractivity contribution < 1.29 is 0 Å². The van der Waals surface area contributed by atoms with E-state index in [0.717, 1.165) is 12.5 Å². The highest BCUT2D eigenvalue weighted by molar-refractivity contribution is 5.85. The topological polar surface area (TPSA) is 26.0 Å². The van der Waals surface area contributed by atoms with Gasteiger partial charge in [-0.1, -0.05) is 26.7 Å². The molecule has 0 amide bonds. The number of hydrogen-bond acceptors (Lipinski definition) is 1. The summed E-state index contributed by atoms with van der Waals surface area (Å²) >= 11 is 0. The normalized spacial score (nSPS) is 9.00. The second-order valence-corrected chi connectivity index (χ2v) is 1.92. The molecule has 1 nitrogen and oxygen atoms in total. The van der Waals surface area contributed by atoms with E-state index >= 15 is 0 Å². The van der Waals surface area contributed by atoms with Crippen LogP contribution in [0, 0.1) is 5.92 Å². The van der Waals surface area contributed by atoms with Crippen LogP contribution in [-0.2, 0) is 0 Å². The minimum Gasteiger partial charge on any atom is -0.330 e. The number of nitrogens with two attached hydrogens (primary N) is 1. The molecule has 2 heteroatoms. The Morgan fingerprint density at radius 1 is 1.25 bits per heavy atom. The van der Waals surface area contributed by atoms with Crippen molar-refractivity contribution in [2.75, 3.05) is 6.54 Å². The van der Waals surface area contributed by atoms with Gasteiger partial charge in [0.25, 0.3) is 0 Å². The van der Waals surface area contributed by atoms with Crippen molar-refractivity contribution in [1.82, 2.24) is 0 Å². The van der Waals surface area contributed by atoms with Crippen molar-refractivity contribution in [1.29, 1.82) is 0 Å². The Balaban J connectivity index is 0. The summed E-state index contributed by atoms with van der Waals surface area (Å²) in [5.74, 6) is 0.764. The van der Waals surface area contributed by atoms with Crippen LogP contribution in [-0.4, -0.2) is 6.54 Å². The van der Waals surface area contributed by atoms with Crippen LogP contribution in [0.15, 0.2) is 0 Å². The predicted octanol–water partition coefficient (Wildman–Crippen LogP) is 1.80. The maximum atomic E-state index is 5.39. The monoisotopic (exact) mass is 137 g/mol. The first-order valence-corrected chi connectivity index (χ1v) is 3.05. The predicted molar refractivity (Wildman–Crippen MR) is 40.4 cm³/mol. The molecule has 0 aliphatic heterocycles. The van der Waals surface area contributed by atoms with Gasteiger partial charge >= 0.3 is 0 Å². The molecule has 0 aliphatic rings. The number of halogens is 1. The summed E-state index contributed by atoms with van der Waals surface area (Å²) in [6.07, 6.45) is 2.46. The minimum absolute atomic E-state index is 0. The number of hydrogen-bond donors (Lipinski definition) is 1. The zero-order chi connectivity index (χ0) is 5.70. The molecule has 0 atom stereocenters. The molecular formula is C6H16ClN. The number of rotatable bonds is 3. The lowest BCUT2D eigenvalue weighted by Gasteiger charge is -2.05. The van der Waals surface area contributed by atoms with E-state index in [1.54, 1.807) is 0 Å². The summed E-state index contributed by atoms with van der Waals surface area (Å²) in [5, 5.41) is 0. The van der Waals surface area contributed by atoms with Gasteiger partial charge in [-0.25, -0.2) is 0 Å². The third kappa shape index (κ3) is 4.41. The Hall–Kier alpha value is 0.250. The summed E-state index contributed by atoms with van der Waals surface area (Å²) in [5.41, 5.74) is 5.39. The first-order valence-electron chi connectivity index (χ1n) is 3.05. The summed E-state index contributed by atoms with van der Waals surface area (Å²) in [4.78, 5) is 0. The van der Waals surface area contributed by atoms with E-state index in [-0.39, 0.29) is 12.4 Å². The molecule has 0 spiro atoms. The molecule has 52 valence electrons. The van der Waals surface area contributed by atoms with Crippen LogP contribution in [0.25, 0.3) is 0 Å². The smallest absolute Gasteiger partial charge is 0.00491 e. The van der Waals surface area contributed by atoms with Crippen LogP contribution in [0.2, 0.25) is 0 Å². The Kier molecular flexibility index (Phi) is 10.1. The van der Waals surface area contributed by atoms with Crippen LogP contribution in [0.5, 0.6) is 0 Å². The second-order valence-electron chi connectivity index (χ2n) is 1.92. The average molecular weight is 138 g/mol. The SMILES string of the molecule is CCC(CC)CN.Cl. The maximum absolute atomic E-state index is 5.39. The molecule has 0 bridgehead atoms. The van der Waals surface area contributed by atoms with Crippen LogP contribution in [0.3, 0.4) is 0 Å². The average Bonchev–Trinajstić information content (AvgIpc) is 1.72. The van der Waals surface area contributed by atoms with Crippen molar-refractivity contribution in [2.45, 2.75) is 26.7 Å². The van der Waals surface area contributed by atoms with Gasteiger partial charge in [0.05, 0.1) is 0 Å². The summed E-state index contributed by atoms with van der Waals surface area (Å²) in [6, 6.07) is 0. The van der Waals surface area contributed by atoms with Crippen LogP contribution in [0.4, 0.5) is 0 Å². The first kappa shape index (κ1) is 11.1. The standard InChI is InChI=1S/C6H15N.ClH/c1-3-6(4-2)5-7;/h6H,3-5,7H2,1-2H3;1H. The van der Waals surface area contributed by atoms with E-state index in [1.807, 2.05) is 0 Å². The van der Waals surface area contributed by atoms with Gasteiger partial charge in [0.2, 0.25) is 0 Å². The van der Waals surface area contributed by atoms with Crippen LogP contribution in [0.1, 0.15) is 26.7 Å². The fourth-order valence-electron chi connectivity index (χ4n) is 0.622. The van der Waals surface area contributed by atoms with Gasteiger partial charge in [0, 0.05) is 0 Å². The van der Waals surface area contributed by atoms with Crippen molar-refractivity contribution in [2.24, 2.45) is 11.7 Å². The van der Waals surface area contributed by atoms with Crippen LogP contribution < -0.4 is 5.73 Å². The van der Waals surface area contributed by atoms with E-state index < -0.39 is 0 Å². The van der Waals surface area contributed by atoms with E-state index in [2.05, 4.69) is 13.8 Å². The van der Waals surface area contributed by atoms with Gasteiger partial charge in [-0.2, -0.15) is 0 Å². The van der Waals surface area contributed by atoms with E-state index in [4.69, 9.17) is 5.73 Å². The molecule has 2 N–H and O–H groups in total. The molecule has 0 saturated heterocycles. The minimum atomic E-state index is 0. The molecular weight excluding hydrogens is 122 g/mol. The molecule has 0 fully saturated rings. The lowest BCUT2D eigenvalue weighted by molar-refractivity contribution is 0.505. The van der Waals surface area contributed by atoms with Gasteiger partial charge in [0.15, 0.2) is 0 Å². The van der Waals surface area contributed by atoms with Gasteiger partial charge in [-0.3, -0.25) is 0 Å². The van der Waals surface area contributed by atoms with Gasteiger partial charge in [0.1, 0.15) is 0 Å². The highest BCUT2D eigenvalue weighted by Crippen LogP contribution is 2.02. The van der Waals surface area contributed by atoms with Crippen molar-refractivity contribution in [3.05, 3.63) is 0 Å². The van der Waals surface area contributed by atoms with Gasteiger partial charge in [-0.15, -0.1) is 12.4 Å². The molecule has 0 unspecified atom stereocenters. The Morgan fingerprint density at radius 2 is 1.62 bits per heavy atom. The van der Waals surface area contributed by atoms with Gasteiger partial charge in [-0.05, 0) is 12.5 Å². The molecule has 0 radical (unpaired) electrons. The summed E-state index contributed by atoms with van der Waals surface area (Å²) < 4.78 is 0. The molecule has 0 aromatic heterocycles.